The normalized spacial score (nSPS) is 22.2. The molecule has 7 rings (SSSR count). The standard InChI is InChI=1S/C67H81N5O21S2/c1-39(74)71-56-52(79)34-66(38-73,92-60(56)58(83)54(81)36-69-63(86)47-13-7-41(8-14-47)43-19-23-49(76)24-20-43)90-28-4-32-95-33-27-68-62(85)46-17-11-45(12-18-46)51(78)6-3-30-94-31-5-29-91-67(65(88)89)35-53(80)57(72-40(2)75)61(93-67)59(84)55(82)37-70-64(87)48-15-9-42(10-16-48)44-21-25-50(77)26-22-44/h7-26,38,52-61,76-77,79-84H,3-6,27-37H2,1-2H3,(H,68,85)(H,69,86)(H,70,87)(H,71,74)(H,72,75)(H,88,89)/t52-,53-,54+,55+,56+,57+,58+,59+,60+,61+,66+,67+/m0/s1. The van der Waals surface area contributed by atoms with E-state index in [1.807, 2.05) is 0 Å². The fourth-order valence-corrected chi connectivity index (χ4v) is 12.3. The van der Waals surface area contributed by atoms with Crippen molar-refractivity contribution < 1.29 is 103 Å². The van der Waals surface area contributed by atoms with Crippen LogP contribution >= 0.6 is 23.5 Å². The summed E-state index contributed by atoms with van der Waals surface area (Å²) in [5, 5.41) is 109. The minimum atomic E-state index is -2.49. The van der Waals surface area contributed by atoms with Gasteiger partial charge in [0.1, 0.15) is 35.9 Å². The summed E-state index contributed by atoms with van der Waals surface area (Å²) in [7, 11) is 0. The fraction of sp³-hybridized carbons (Fsp3) is 0.433. The highest BCUT2D eigenvalue weighted by molar-refractivity contribution is 7.99. The molecule has 2 saturated heterocycles. The third-order valence-corrected chi connectivity index (χ3v) is 18.0. The molecule has 0 aliphatic carbocycles. The van der Waals surface area contributed by atoms with Crippen molar-refractivity contribution >= 4 is 71.1 Å². The summed E-state index contributed by atoms with van der Waals surface area (Å²) in [6, 6.07) is 29.6. The summed E-state index contributed by atoms with van der Waals surface area (Å²) in [6.45, 7) is 1.41. The number of nitrogens with one attached hydrogen (secondary N) is 5. The number of Topliss-reactive ketones (excluding diaryl/α,β-unsaturated/α-hetero) is 1. The van der Waals surface area contributed by atoms with Crippen molar-refractivity contribution in [2.75, 3.05) is 55.9 Å². The van der Waals surface area contributed by atoms with Gasteiger partial charge in [0.25, 0.3) is 23.5 Å². The zero-order chi connectivity index (χ0) is 68.8. The Balaban J connectivity index is 0.767. The number of hydrogen-bond acceptors (Lipinski definition) is 22. The van der Waals surface area contributed by atoms with Crippen LogP contribution in [0.2, 0.25) is 0 Å². The van der Waals surface area contributed by atoms with Crippen molar-refractivity contribution in [2.45, 2.75) is 125 Å². The van der Waals surface area contributed by atoms with Gasteiger partial charge in [-0.05, 0) is 119 Å². The van der Waals surface area contributed by atoms with Gasteiger partial charge in [-0.2, -0.15) is 23.5 Å². The lowest BCUT2D eigenvalue weighted by Crippen LogP contribution is -2.68. The molecule has 5 aromatic carbocycles. The van der Waals surface area contributed by atoms with E-state index in [-0.39, 0.29) is 54.0 Å². The Morgan fingerprint density at radius 3 is 1.38 bits per heavy atom. The van der Waals surface area contributed by atoms with Crippen LogP contribution in [0.1, 0.15) is 93.8 Å². The summed E-state index contributed by atoms with van der Waals surface area (Å²) < 4.78 is 23.4. The number of phenolic OH excluding ortho intramolecular Hbond substituents is 2. The molecule has 2 heterocycles. The predicted molar refractivity (Wildman–Crippen MR) is 349 cm³/mol. The van der Waals surface area contributed by atoms with E-state index >= 15 is 0 Å². The maximum Gasteiger partial charge on any atom is 0.364 e. The number of phenols is 2. The largest absolute Gasteiger partial charge is 0.508 e. The number of hydrogen-bond donors (Lipinski definition) is 14. The van der Waals surface area contributed by atoms with Gasteiger partial charge in [0.05, 0.1) is 49.7 Å². The van der Waals surface area contributed by atoms with Gasteiger partial charge in [0, 0.05) is 80.8 Å². The van der Waals surface area contributed by atoms with Crippen molar-refractivity contribution in [3.05, 3.63) is 144 Å². The number of carbonyl (C=O) groups excluding carboxylic acids is 7. The number of thioether (sulfide) groups is 2. The van der Waals surface area contributed by atoms with Crippen molar-refractivity contribution in [2.24, 2.45) is 0 Å². The van der Waals surface area contributed by atoms with Crippen LogP contribution in [0.15, 0.2) is 121 Å². The summed E-state index contributed by atoms with van der Waals surface area (Å²) in [5.41, 5.74) is 4.38. The summed E-state index contributed by atoms with van der Waals surface area (Å²) in [6.07, 6.45) is -12.9. The number of aldehydes is 1. The monoisotopic (exact) mass is 1360 g/mol. The molecule has 512 valence electrons. The van der Waals surface area contributed by atoms with Crippen LogP contribution in [0.5, 0.6) is 11.5 Å². The molecular formula is C67H81N5O21S2. The molecule has 0 bridgehead atoms. The van der Waals surface area contributed by atoms with E-state index in [9.17, 15) is 84.3 Å². The van der Waals surface area contributed by atoms with Crippen LogP contribution in [0.25, 0.3) is 22.3 Å². The van der Waals surface area contributed by atoms with Gasteiger partial charge in [-0.25, -0.2) is 4.79 Å². The van der Waals surface area contributed by atoms with E-state index in [1.165, 1.54) is 54.7 Å². The fourth-order valence-electron chi connectivity index (χ4n) is 10.7. The maximum atomic E-state index is 13.0. The van der Waals surface area contributed by atoms with Crippen LogP contribution in [-0.4, -0.2) is 222 Å². The number of rotatable bonds is 35. The van der Waals surface area contributed by atoms with Crippen LogP contribution in [0.4, 0.5) is 0 Å². The number of ketones is 1. The Kier molecular flexibility index (Phi) is 28.1. The molecule has 26 nitrogen and oxygen atoms in total. The molecule has 2 aliphatic heterocycles. The van der Waals surface area contributed by atoms with Crippen LogP contribution in [-0.2, 0) is 38.1 Å². The molecule has 12 atom stereocenters. The second kappa shape index (κ2) is 35.8. The van der Waals surface area contributed by atoms with Gasteiger partial charge in [-0.15, -0.1) is 0 Å². The number of carboxylic acids is 1. The molecule has 0 unspecified atom stereocenters. The summed E-state index contributed by atoms with van der Waals surface area (Å²) in [4.78, 5) is 102. The lowest BCUT2D eigenvalue weighted by Gasteiger charge is -2.46. The number of carbonyl (C=O) groups is 8. The van der Waals surface area contributed by atoms with Gasteiger partial charge in [0.2, 0.25) is 17.6 Å². The van der Waals surface area contributed by atoms with Crippen molar-refractivity contribution in [1.82, 2.24) is 26.6 Å². The molecule has 0 aromatic heterocycles. The minimum absolute atomic E-state index is 0.0342. The molecule has 2 fully saturated rings. The molecule has 5 aromatic rings. The Morgan fingerprint density at radius 2 is 0.926 bits per heavy atom. The minimum Gasteiger partial charge on any atom is -0.508 e. The molecule has 2 aliphatic rings. The average molecular weight is 1360 g/mol. The van der Waals surface area contributed by atoms with Gasteiger partial charge in [0.15, 0.2) is 12.1 Å². The second-order valence-corrected chi connectivity index (χ2v) is 25.4. The first kappa shape index (κ1) is 74.6. The highest BCUT2D eigenvalue weighted by atomic mass is 32.2. The zero-order valence-corrected chi connectivity index (χ0v) is 53.9. The number of aliphatic hydroxyl groups excluding tert-OH is 6. The Bertz CT molecular complexity index is 3370. The molecule has 0 radical (unpaired) electrons. The first-order valence-electron chi connectivity index (χ1n) is 30.8. The number of carboxylic acid groups (broad SMARTS) is 1. The van der Waals surface area contributed by atoms with Gasteiger partial charge >= 0.3 is 5.97 Å². The van der Waals surface area contributed by atoms with E-state index < -0.39 is 128 Å². The van der Waals surface area contributed by atoms with Crippen LogP contribution in [0.3, 0.4) is 0 Å². The van der Waals surface area contributed by atoms with E-state index in [0.29, 0.717) is 66.2 Å². The predicted octanol–water partition coefficient (Wildman–Crippen LogP) is 2.69. The van der Waals surface area contributed by atoms with Gasteiger partial charge in [-0.3, -0.25) is 33.6 Å². The number of aromatic hydroxyl groups is 2. The first-order chi connectivity index (χ1) is 45.4. The quantitative estimate of drug-likeness (QED) is 0.0157. The smallest absolute Gasteiger partial charge is 0.364 e. The number of ether oxygens (including phenoxy) is 4. The molecular weight excluding hydrogens is 1270 g/mol. The SMILES string of the molecule is CC(=O)N[C@H]1[C@H]([C@H](O)[C@H](O)CNC(=O)c2ccc(-c3ccc(O)cc3)cc2)O[C@](C=O)(OCCCSCCNC(=O)c2ccc(C(=O)CCCSCCCO[C@]3(C(=O)O)C[C@H](O)[C@@H](NC(C)=O)[C@H]([C@H](O)[C@H](O)CNC(=O)c4ccc(-c5ccc(O)cc5)cc4)O3)cc2)C[C@@H]1O. The van der Waals surface area contributed by atoms with E-state index in [2.05, 4.69) is 26.6 Å². The Labute approximate surface area is 556 Å². The molecule has 0 spiro atoms. The number of benzene rings is 5. The lowest BCUT2D eigenvalue weighted by molar-refractivity contribution is -0.310. The lowest BCUT2D eigenvalue weighted by atomic mass is 9.88. The van der Waals surface area contributed by atoms with Crippen molar-refractivity contribution in [3.8, 4) is 33.8 Å². The number of aliphatic carboxylic acids is 1. The van der Waals surface area contributed by atoms with E-state index in [0.717, 1.165) is 29.2 Å². The van der Waals surface area contributed by atoms with Gasteiger partial charge < -0.3 is 91.5 Å². The molecule has 28 heteroatoms. The van der Waals surface area contributed by atoms with Crippen molar-refractivity contribution in [3.63, 3.8) is 0 Å². The van der Waals surface area contributed by atoms with Crippen molar-refractivity contribution in [1.29, 1.82) is 0 Å². The highest BCUT2D eigenvalue weighted by Gasteiger charge is 2.56. The zero-order valence-electron chi connectivity index (χ0n) is 52.2. The number of aliphatic hydroxyl groups is 6. The van der Waals surface area contributed by atoms with E-state index in [1.54, 1.807) is 97.1 Å². The molecule has 5 amide bonds. The maximum absolute atomic E-state index is 13.0. The first-order valence-corrected chi connectivity index (χ1v) is 33.1. The third kappa shape index (κ3) is 21.3. The third-order valence-electron chi connectivity index (χ3n) is 15.8. The molecule has 95 heavy (non-hydrogen) atoms. The number of amides is 5. The highest BCUT2D eigenvalue weighted by Crippen LogP contribution is 2.35. The molecule has 0 saturated carbocycles. The Morgan fingerprint density at radius 1 is 0.537 bits per heavy atom. The Hall–Kier alpha value is -7.84. The topological polar surface area (TPSA) is 416 Å². The van der Waals surface area contributed by atoms with Crippen LogP contribution in [0, 0.1) is 0 Å². The summed E-state index contributed by atoms with van der Waals surface area (Å²) in [5.74, 6) is -6.80. The molecule has 14 N–H and O–H groups in total. The van der Waals surface area contributed by atoms with Gasteiger partial charge in [-0.1, -0.05) is 60.7 Å². The van der Waals surface area contributed by atoms with Crippen LogP contribution < -0.4 is 26.6 Å². The average Bonchev–Trinajstić information content (AvgIpc) is 0.787. The summed E-state index contributed by atoms with van der Waals surface area (Å²) >= 11 is 2.96. The second-order valence-electron chi connectivity index (χ2n) is 22.9. The van der Waals surface area contributed by atoms with E-state index in [4.69, 9.17) is 18.9 Å².